The van der Waals surface area contributed by atoms with Gasteiger partial charge in [0.2, 0.25) is 0 Å². The first-order valence-corrected chi connectivity index (χ1v) is 3.86. The molecule has 15 heavy (non-hydrogen) atoms. The lowest BCUT2D eigenvalue weighted by atomic mass is 10.1. The number of aliphatic carboxylic acids is 1. The number of nitrogens with zero attached hydrogens (tertiary/aromatic N) is 1. The van der Waals surface area contributed by atoms with Crippen LogP contribution in [0.5, 0.6) is 0 Å². The van der Waals surface area contributed by atoms with Gasteiger partial charge in [-0.15, -0.1) is 0 Å². The zero-order valence-corrected chi connectivity index (χ0v) is 7.38. The zero-order chi connectivity index (χ0) is 11.6. The highest BCUT2D eigenvalue weighted by Gasteiger charge is 2.19. The number of nitrogen functional groups attached to an aromatic ring is 1. The molecule has 0 bridgehead atoms. The molecule has 0 unspecified atom stereocenters. The van der Waals surface area contributed by atoms with Gasteiger partial charge in [-0.3, -0.25) is 9.78 Å². The summed E-state index contributed by atoms with van der Waals surface area (Å²) in [7, 11) is 0. The maximum Gasteiger partial charge on any atom is 0.309 e. The van der Waals surface area contributed by atoms with E-state index in [4.69, 9.17) is 10.8 Å². The molecule has 7 heteroatoms. The fourth-order valence-corrected chi connectivity index (χ4v) is 0.992. The van der Waals surface area contributed by atoms with Crippen LogP contribution in [0, 0.1) is 5.82 Å². The molecule has 0 amide bonds. The topological polar surface area (TPSA) is 76.2 Å². The van der Waals surface area contributed by atoms with E-state index in [1.807, 2.05) is 0 Å². The highest BCUT2D eigenvalue weighted by molar-refractivity contribution is 5.72. The highest BCUT2D eigenvalue weighted by Crippen LogP contribution is 2.26. The van der Waals surface area contributed by atoms with Crippen molar-refractivity contribution in [1.29, 1.82) is 0 Å². The molecule has 4 nitrogen and oxygen atoms in total. The molecule has 0 atom stereocenters. The van der Waals surface area contributed by atoms with Gasteiger partial charge < -0.3 is 10.8 Å². The molecule has 0 fully saturated rings. The van der Waals surface area contributed by atoms with Gasteiger partial charge in [0, 0.05) is 6.20 Å². The molecule has 0 aromatic carbocycles. The maximum atomic E-state index is 13.1. The van der Waals surface area contributed by atoms with Crippen molar-refractivity contribution in [1.82, 2.24) is 4.98 Å². The second-order valence-corrected chi connectivity index (χ2v) is 2.76. The van der Waals surface area contributed by atoms with Crippen molar-refractivity contribution in [3.8, 4) is 0 Å². The van der Waals surface area contributed by atoms with Crippen molar-refractivity contribution in [2.75, 3.05) is 5.73 Å². The first kappa shape index (κ1) is 11.3. The monoisotopic (exact) mass is 220 g/mol. The lowest BCUT2D eigenvalue weighted by Crippen LogP contribution is -2.09. The molecule has 0 radical (unpaired) electrons. The van der Waals surface area contributed by atoms with Crippen LogP contribution in [0.25, 0.3) is 0 Å². The lowest BCUT2D eigenvalue weighted by Gasteiger charge is -2.07. The average Bonchev–Trinajstić information content (AvgIpc) is 2.12. The van der Waals surface area contributed by atoms with Crippen LogP contribution in [0.3, 0.4) is 0 Å². The van der Waals surface area contributed by atoms with E-state index in [1.165, 1.54) is 0 Å². The molecule has 0 aliphatic heterocycles. The minimum Gasteiger partial charge on any atom is -0.481 e. The molecule has 0 aliphatic rings. The Kier molecular flexibility index (Phi) is 3.13. The van der Waals surface area contributed by atoms with Crippen molar-refractivity contribution < 1.29 is 23.1 Å². The fourth-order valence-electron chi connectivity index (χ4n) is 0.992. The summed E-state index contributed by atoms with van der Waals surface area (Å²) in [6.45, 7) is 0. The molecule has 1 rings (SSSR count). The van der Waals surface area contributed by atoms with Crippen LogP contribution in [0.15, 0.2) is 6.20 Å². The quantitative estimate of drug-likeness (QED) is 0.806. The zero-order valence-electron chi connectivity index (χ0n) is 7.38. The summed E-state index contributed by atoms with van der Waals surface area (Å²) in [5, 5.41) is 8.39. The Morgan fingerprint density at radius 1 is 1.60 bits per heavy atom. The Balaban J connectivity index is 3.15. The van der Waals surface area contributed by atoms with Gasteiger partial charge in [-0.1, -0.05) is 0 Å². The van der Waals surface area contributed by atoms with Gasteiger partial charge in [-0.25, -0.2) is 13.2 Å². The summed E-state index contributed by atoms with van der Waals surface area (Å²) < 4.78 is 37.4. The van der Waals surface area contributed by atoms with Crippen LogP contribution >= 0.6 is 0 Å². The van der Waals surface area contributed by atoms with E-state index >= 15 is 0 Å². The number of alkyl halides is 2. The molecule has 1 aromatic heterocycles. The molecular weight excluding hydrogens is 213 g/mol. The van der Waals surface area contributed by atoms with Gasteiger partial charge in [-0.05, 0) is 0 Å². The number of rotatable bonds is 3. The van der Waals surface area contributed by atoms with Crippen LogP contribution in [0.1, 0.15) is 17.7 Å². The number of pyridine rings is 1. The molecule has 0 spiro atoms. The molecule has 1 aromatic rings. The fraction of sp³-hybridized carbons (Fsp3) is 0.250. The minimum atomic E-state index is -3.03. The number of carboxylic acids is 1. The van der Waals surface area contributed by atoms with Crippen LogP contribution in [-0.2, 0) is 11.2 Å². The van der Waals surface area contributed by atoms with Gasteiger partial charge >= 0.3 is 5.97 Å². The Morgan fingerprint density at radius 2 is 2.20 bits per heavy atom. The van der Waals surface area contributed by atoms with E-state index in [-0.39, 0.29) is 5.69 Å². The largest absolute Gasteiger partial charge is 0.481 e. The average molecular weight is 220 g/mol. The number of hydrogen-bond donors (Lipinski definition) is 2. The highest BCUT2D eigenvalue weighted by atomic mass is 19.3. The van der Waals surface area contributed by atoms with E-state index in [1.54, 1.807) is 0 Å². The van der Waals surface area contributed by atoms with Gasteiger partial charge in [0.05, 0.1) is 23.4 Å². The maximum absolute atomic E-state index is 13.1. The number of halogens is 3. The lowest BCUT2D eigenvalue weighted by molar-refractivity contribution is -0.136. The van der Waals surface area contributed by atoms with E-state index in [2.05, 4.69) is 4.98 Å². The number of hydrogen-bond acceptors (Lipinski definition) is 3. The summed E-state index contributed by atoms with van der Waals surface area (Å²) in [5.41, 5.74) is 3.30. The summed E-state index contributed by atoms with van der Waals surface area (Å²) >= 11 is 0. The number of nitrogens with two attached hydrogens (primary N) is 1. The normalized spacial score (nSPS) is 10.7. The van der Waals surface area contributed by atoms with Crippen LogP contribution in [-0.4, -0.2) is 16.1 Å². The number of anilines is 1. The predicted molar refractivity (Wildman–Crippen MR) is 44.9 cm³/mol. The van der Waals surface area contributed by atoms with Crippen LogP contribution < -0.4 is 5.73 Å². The summed E-state index contributed by atoms with van der Waals surface area (Å²) in [5.74, 6) is -2.57. The van der Waals surface area contributed by atoms with Gasteiger partial charge in [0.25, 0.3) is 6.43 Å². The summed E-state index contributed by atoms with van der Waals surface area (Å²) in [4.78, 5) is 13.7. The van der Waals surface area contributed by atoms with Gasteiger partial charge in [-0.2, -0.15) is 0 Å². The predicted octanol–water partition coefficient (Wildman–Crippen LogP) is 1.37. The van der Waals surface area contributed by atoms with Crippen molar-refractivity contribution >= 4 is 11.7 Å². The number of carbonyl (C=O) groups is 1. The molecule has 0 aliphatic carbocycles. The molecule has 1 heterocycles. The van der Waals surface area contributed by atoms with Crippen molar-refractivity contribution in [2.24, 2.45) is 0 Å². The first-order valence-electron chi connectivity index (χ1n) is 3.86. The van der Waals surface area contributed by atoms with Crippen molar-refractivity contribution in [2.45, 2.75) is 12.8 Å². The third-order valence-corrected chi connectivity index (χ3v) is 1.71. The Morgan fingerprint density at radius 3 is 2.67 bits per heavy atom. The smallest absolute Gasteiger partial charge is 0.309 e. The van der Waals surface area contributed by atoms with Crippen molar-refractivity contribution in [3.05, 3.63) is 23.3 Å². The van der Waals surface area contributed by atoms with E-state index in [0.29, 0.717) is 6.20 Å². The van der Waals surface area contributed by atoms with E-state index < -0.39 is 35.9 Å². The molecule has 82 valence electrons. The molecule has 0 saturated carbocycles. The summed E-state index contributed by atoms with van der Waals surface area (Å²) in [6, 6.07) is 0. The van der Waals surface area contributed by atoms with Crippen molar-refractivity contribution in [3.63, 3.8) is 0 Å². The summed E-state index contributed by atoms with van der Waals surface area (Å²) in [6.07, 6.45) is -3.04. The second-order valence-electron chi connectivity index (χ2n) is 2.76. The second kappa shape index (κ2) is 4.16. The van der Waals surface area contributed by atoms with Gasteiger partial charge in [0.15, 0.2) is 5.82 Å². The number of aromatic nitrogens is 1. The molecule has 3 N–H and O–H groups in total. The van der Waals surface area contributed by atoms with Crippen LogP contribution in [0.2, 0.25) is 0 Å². The Bertz CT molecular complexity index is 396. The van der Waals surface area contributed by atoms with Gasteiger partial charge in [0.1, 0.15) is 0 Å². The molecular formula is C8H7F3N2O2. The first-order chi connectivity index (χ1) is 6.93. The van der Waals surface area contributed by atoms with E-state index in [9.17, 15) is 18.0 Å². The Hall–Kier alpha value is -1.79. The minimum absolute atomic E-state index is 0.260. The van der Waals surface area contributed by atoms with E-state index in [0.717, 1.165) is 0 Å². The SMILES string of the molecule is Nc1c(CC(=O)O)ncc(C(F)F)c1F. The van der Waals surface area contributed by atoms with Crippen LogP contribution in [0.4, 0.5) is 18.9 Å². The third-order valence-electron chi connectivity index (χ3n) is 1.71. The standard InChI is InChI=1S/C8H7F3N2O2/c9-6-3(8(10)11)2-13-4(7(6)12)1-5(14)15/h2,8H,1,12H2,(H,14,15). The third kappa shape index (κ3) is 2.36. The number of carboxylic acid groups (broad SMARTS) is 1. The Labute approximate surface area is 82.5 Å². The molecule has 0 saturated heterocycles.